The third-order valence-corrected chi connectivity index (χ3v) is 3.16. The number of halogens is 1. The zero-order valence-corrected chi connectivity index (χ0v) is 10.8. The van der Waals surface area contributed by atoms with Crippen molar-refractivity contribution in [1.82, 2.24) is 4.98 Å². The van der Waals surface area contributed by atoms with Crippen LogP contribution in [0, 0.1) is 0 Å². The van der Waals surface area contributed by atoms with Crippen LogP contribution in [-0.2, 0) is 0 Å². The van der Waals surface area contributed by atoms with Crippen molar-refractivity contribution in [2.45, 2.75) is 13.0 Å². The highest BCUT2D eigenvalue weighted by Gasteiger charge is 2.10. The molecule has 0 aliphatic carbocycles. The predicted molar refractivity (Wildman–Crippen MR) is 78.1 cm³/mol. The summed E-state index contributed by atoms with van der Waals surface area (Å²) in [5, 5.41) is 11.9. The van der Waals surface area contributed by atoms with E-state index in [1.165, 1.54) is 0 Å². The van der Waals surface area contributed by atoms with E-state index in [4.69, 9.17) is 5.73 Å². The van der Waals surface area contributed by atoms with Crippen LogP contribution >= 0.6 is 12.4 Å². The van der Waals surface area contributed by atoms with E-state index < -0.39 is 6.10 Å². The molecule has 2 aromatic carbocycles. The van der Waals surface area contributed by atoms with Crippen LogP contribution in [0.5, 0.6) is 0 Å². The molecule has 1 heterocycles. The SMILES string of the molecule is CC(O)c1cc2[nH]c3ccccc3c2cc1N.Cl. The van der Waals surface area contributed by atoms with Crippen molar-refractivity contribution < 1.29 is 5.11 Å². The molecule has 4 heteroatoms. The average Bonchev–Trinajstić information content (AvgIpc) is 2.65. The van der Waals surface area contributed by atoms with Gasteiger partial charge in [-0.1, -0.05) is 18.2 Å². The number of benzene rings is 2. The molecule has 0 spiro atoms. The Balaban J connectivity index is 0.00000120. The van der Waals surface area contributed by atoms with E-state index in [0.717, 1.165) is 27.4 Å². The van der Waals surface area contributed by atoms with Gasteiger partial charge in [0.2, 0.25) is 0 Å². The third-order valence-electron chi connectivity index (χ3n) is 3.16. The van der Waals surface area contributed by atoms with E-state index in [-0.39, 0.29) is 12.4 Å². The van der Waals surface area contributed by atoms with Crippen LogP contribution in [0.25, 0.3) is 21.8 Å². The number of fused-ring (bicyclic) bond motifs is 3. The first-order valence-electron chi connectivity index (χ1n) is 5.64. The van der Waals surface area contributed by atoms with Crippen molar-refractivity contribution in [3.05, 3.63) is 42.0 Å². The van der Waals surface area contributed by atoms with Gasteiger partial charge in [0.1, 0.15) is 0 Å². The number of hydrogen-bond donors (Lipinski definition) is 3. The van der Waals surface area contributed by atoms with Gasteiger partial charge in [-0.05, 0) is 25.1 Å². The first-order chi connectivity index (χ1) is 8.16. The molecule has 0 radical (unpaired) electrons. The number of aliphatic hydroxyl groups is 1. The summed E-state index contributed by atoms with van der Waals surface area (Å²) in [5.41, 5.74) is 9.47. The fourth-order valence-corrected chi connectivity index (χ4v) is 2.29. The van der Waals surface area contributed by atoms with Crippen molar-refractivity contribution in [2.24, 2.45) is 0 Å². The van der Waals surface area contributed by atoms with Crippen LogP contribution in [0.2, 0.25) is 0 Å². The molecule has 94 valence electrons. The number of aliphatic hydroxyl groups excluding tert-OH is 1. The predicted octanol–water partition coefficient (Wildman–Crippen LogP) is 3.38. The van der Waals surface area contributed by atoms with Crippen molar-refractivity contribution >= 4 is 39.9 Å². The molecule has 1 unspecified atom stereocenters. The second kappa shape index (κ2) is 4.52. The van der Waals surface area contributed by atoms with Gasteiger partial charge in [0.05, 0.1) is 6.10 Å². The lowest BCUT2D eigenvalue weighted by Gasteiger charge is -2.08. The summed E-state index contributed by atoms with van der Waals surface area (Å²) < 4.78 is 0. The summed E-state index contributed by atoms with van der Waals surface area (Å²) in [7, 11) is 0. The molecule has 0 saturated carbocycles. The second-order valence-electron chi connectivity index (χ2n) is 4.37. The van der Waals surface area contributed by atoms with Crippen molar-refractivity contribution in [3.8, 4) is 0 Å². The minimum atomic E-state index is -0.550. The third kappa shape index (κ3) is 1.82. The highest BCUT2D eigenvalue weighted by Crippen LogP contribution is 2.31. The van der Waals surface area contributed by atoms with Crippen LogP contribution in [0.1, 0.15) is 18.6 Å². The van der Waals surface area contributed by atoms with Crippen LogP contribution in [0.15, 0.2) is 36.4 Å². The fraction of sp³-hybridized carbons (Fsp3) is 0.143. The molecule has 0 bridgehead atoms. The van der Waals surface area contributed by atoms with E-state index in [1.54, 1.807) is 6.92 Å². The first-order valence-corrected chi connectivity index (χ1v) is 5.64. The molecule has 4 N–H and O–H groups in total. The number of aromatic amines is 1. The number of rotatable bonds is 1. The molecule has 18 heavy (non-hydrogen) atoms. The Kier molecular flexibility index (Phi) is 3.20. The Hall–Kier alpha value is -1.71. The number of hydrogen-bond acceptors (Lipinski definition) is 2. The lowest BCUT2D eigenvalue weighted by molar-refractivity contribution is 0.200. The minimum absolute atomic E-state index is 0. The van der Waals surface area contributed by atoms with Crippen molar-refractivity contribution in [2.75, 3.05) is 5.73 Å². The van der Waals surface area contributed by atoms with Crippen LogP contribution in [-0.4, -0.2) is 10.1 Å². The van der Waals surface area contributed by atoms with Gasteiger partial charge in [-0.2, -0.15) is 0 Å². The van der Waals surface area contributed by atoms with Gasteiger partial charge in [-0.25, -0.2) is 0 Å². The smallest absolute Gasteiger partial charge is 0.0782 e. The van der Waals surface area contributed by atoms with Gasteiger partial charge in [-0.15, -0.1) is 12.4 Å². The molecule has 0 amide bonds. The van der Waals surface area contributed by atoms with E-state index >= 15 is 0 Å². The first kappa shape index (κ1) is 12.7. The molecule has 1 atom stereocenters. The zero-order chi connectivity index (χ0) is 12.0. The molecular formula is C14H15ClN2O. The maximum Gasteiger partial charge on any atom is 0.0782 e. The Morgan fingerprint density at radius 2 is 1.83 bits per heavy atom. The Labute approximate surface area is 111 Å². The number of para-hydroxylation sites is 1. The quantitative estimate of drug-likeness (QED) is 0.589. The highest BCUT2D eigenvalue weighted by molar-refractivity contribution is 6.08. The largest absolute Gasteiger partial charge is 0.398 e. The van der Waals surface area contributed by atoms with Gasteiger partial charge in [-0.3, -0.25) is 0 Å². The van der Waals surface area contributed by atoms with Gasteiger partial charge < -0.3 is 15.8 Å². The maximum absolute atomic E-state index is 9.64. The standard InChI is InChI=1S/C14H14N2O.ClH/c1-8(17)10-7-14-11(6-12(10)15)9-4-2-3-5-13(9)16-14;/h2-8,16-17H,15H2,1H3;1H. The summed E-state index contributed by atoms with van der Waals surface area (Å²) in [6.45, 7) is 1.72. The Morgan fingerprint density at radius 1 is 1.11 bits per heavy atom. The fourth-order valence-electron chi connectivity index (χ4n) is 2.29. The van der Waals surface area contributed by atoms with E-state index in [2.05, 4.69) is 11.1 Å². The van der Waals surface area contributed by atoms with Gasteiger partial charge >= 0.3 is 0 Å². The average molecular weight is 263 g/mol. The Bertz CT molecular complexity index is 703. The molecule has 0 aliphatic heterocycles. The van der Waals surface area contributed by atoms with Gasteiger partial charge in [0.15, 0.2) is 0 Å². The Morgan fingerprint density at radius 3 is 2.56 bits per heavy atom. The molecule has 3 nitrogen and oxygen atoms in total. The van der Waals surface area contributed by atoms with E-state index in [1.807, 2.05) is 30.3 Å². The summed E-state index contributed by atoms with van der Waals surface area (Å²) in [4.78, 5) is 3.33. The normalized spacial score (nSPS) is 12.6. The van der Waals surface area contributed by atoms with Crippen LogP contribution in [0.3, 0.4) is 0 Å². The molecule has 0 fully saturated rings. The molecule has 3 aromatic rings. The summed E-state index contributed by atoms with van der Waals surface area (Å²) in [5.74, 6) is 0. The van der Waals surface area contributed by atoms with E-state index in [0.29, 0.717) is 5.69 Å². The van der Waals surface area contributed by atoms with Crippen molar-refractivity contribution in [1.29, 1.82) is 0 Å². The van der Waals surface area contributed by atoms with Crippen molar-refractivity contribution in [3.63, 3.8) is 0 Å². The van der Waals surface area contributed by atoms with Gasteiger partial charge in [0, 0.05) is 33.1 Å². The molecule has 3 rings (SSSR count). The minimum Gasteiger partial charge on any atom is -0.398 e. The van der Waals surface area contributed by atoms with E-state index in [9.17, 15) is 5.11 Å². The topological polar surface area (TPSA) is 62.0 Å². The zero-order valence-electron chi connectivity index (χ0n) is 9.97. The highest BCUT2D eigenvalue weighted by atomic mass is 35.5. The summed E-state index contributed by atoms with van der Waals surface area (Å²) in [6.07, 6.45) is -0.550. The number of aromatic nitrogens is 1. The number of nitrogen functional groups attached to an aromatic ring is 1. The molecule has 0 aliphatic rings. The number of anilines is 1. The lowest BCUT2D eigenvalue weighted by atomic mass is 10.0. The monoisotopic (exact) mass is 262 g/mol. The van der Waals surface area contributed by atoms with Crippen LogP contribution in [0.4, 0.5) is 5.69 Å². The molecule has 1 aromatic heterocycles. The maximum atomic E-state index is 9.64. The van der Waals surface area contributed by atoms with Gasteiger partial charge in [0.25, 0.3) is 0 Å². The molecule has 0 saturated heterocycles. The summed E-state index contributed by atoms with van der Waals surface area (Å²) in [6, 6.07) is 12.0. The van der Waals surface area contributed by atoms with Crippen LogP contribution < -0.4 is 5.73 Å². The lowest BCUT2D eigenvalue weighted by Crippen LogP contribution is -1.98. The number of nitrogens with one attached hydrogen (secondary N) is 1. The summed E-state index contributed by atoms with van der Waals surface area (Å²) >= 11 is 0. The number of nitrogens with two attached hydrogens (primary N) is 1. The molecular weight excluding hydrogens is 248 g/mol. The second-order valence-corrected chi connectivity index (χ2v) is 4.37. The number of H-pyrrole nitrogens is 1.